The average molecular weight is 294 g/mol. The van der Waals surface area contributed by atoms with Crippen LogP contribution >= 0.6 is 11.8 Å². The predicted octanol–water partition coefficient (Wildman–Crippen LogP) is 5.32. The number of thioether (sulfide) groups is 1. The number of nitrogens with one attached hydrogen (secondary N) is 1. The molecule has 0 saturated heterocycles. The topological polar surface area (TPSA) is 12.0 Å². The van der Waals surface area contributed by atoms with E-state index in [2.05, 4.69) is 71.1 Å². The zero-order valence-corrected chi connectivity index (χ0v) is 14.8. The van der Waals surface area contributed by atoms with Gasteiger partial charge in [-0.15, -0.1) is 11.8 Å². The molecule has 114 valence electrons. The molecule has 0 saturated carbocycles. The zero-order chi connectivity index (χ0) is 15.2. The van der Waals surface area contributed by atoms with Crippen molar-refractivity contribution in [3.8, 4) is 0 Å². The molecule has 1 aromatic carbocycles. The summed E-state index contributed by atoms with van der Waals surface area (Å²) in [4.78, 5) is 1.38. The van der Waals surface area contributed by atoms with Crippen molar-refractivity contribution in [3.05, 3.63) is 29.8 Å². The maximum absolute atomic E-state index is 3.69. The second-order valence-electron chi connectivity index (χ2n) is 6.91. The van der Waals surface area contributed by atoms with Gasteiger partial charge in [0, 0.05) is 16.7 Å². The minimum absolute atomic E-state index is 0.306. The van der Waals surface area contributed by atoms with Crippen molar-refractivity contribution in [2.24, 2.45) is 5.41 Å². The van der Waals surface area contributed by atoms with Gasteiger partial charge in [0.15, 0.2) is 0 Å². The van der Waals surface area contributed by atoms with Gasteiger partial charge in [-0.1, -0.05) is 53.7 Å². The van der Waals surface area contributed by atoms with E-state index in [-0.39, 0.29) is 0 Å². The van der Waals surface area contributed by atoms with E-state index in [1.165, 1.54) is 16.9 Å². The lowest BCUT2D eigenvalue weighted by Gasteiger charge is -2.31. The Morgan fingerprint density at radius 2 is 1.70 bits per heavy atom. The lowest BCUT2D eigenvalue weighted by Crippen LogP contribution is -2.42. The summed E-state index contributed by atoms with van der Waals surface area (Å²) in [5.41, 5.74) is 1.73. The predicted molar refractivity (Wildman–Crippen MR) is 92.8 cm³/mol. The van der Waals surface area contributed by atoms with Gasteiger partial charge < -0.3 is 5.32 Å². The Balaban J connectivity index is 2.58. The molecule has 1 rings (SSSR count). The lowest BCUT2D eigenvalue weighted by molar-refractivity contribution is 0.292. The Morgan fingerprint density at radius 3 is 2.15 bits per heavy atom. The van der Waals surface area contributed by atoms with Gasteiger partial charge in [0.05, 0.1) is 0 Å². The SMILES string of the molecule is CCCNC(CSc1ccc(C(C)C)cc1)C(C)(C)C. The van der Waals surface area contributed by atoms with Crippen molar-refractivity contribution in [2.45, 2.75) is 64.8 Å². The summed E-state index contributed by atoms with van der Waals surface area (Å²) in [7, 11) is 0. The molecule has 1 unspecified atom stereocenters. The fourth-order valence-electron chi connectivity index (χ4n) is 2.06. The molecule has 0 aliphatic carbocycles. The van der Waals surface area contributed by atoms with Crippen LogP contribution in [0.2, 0.25) is 0 Å². The molecule has 20 heavy (non-hydrogen) atoms. The quantitative estimate of drug-likeness (QED) is 0.683. The van der Waals surface area contributed by atoms with Gasteiger partial charge in [0.2, 0.25) is 0 Å². The fraction of sp³-hybridized carbons (Fsp3) is 0.667. The Bertz CT molecular complexity index is 375. The van der Waals surface area contributed by atoms with Crippen molar-refractivity contribution in [1.82, 2.24) is 5.32 Å². The van der Waals surface area contributed by atoms with Crippen LogP contribution in [0.4, 0.5) is 0 Å². The maximum Gasteiger partial charge on any atom is 0.0210 e. The highest BCUT2D eigenvalue weighted by atomic mass is 32.2. The molecule has 0 radical (unpaired) electrons. The number of rotatable bonds is 7. The van der Waals surface area contributed by atoms with Crippen molar-refractivity contribution in [1.29, 1.82) is 0 Å². The third-order valence-electron chi connectivity index (χ3n) is 3.65. The summed E-state index contributed by atoms with van der Waals surface area (Å²) in [6.45, 7) is 14.8. The number of hydrogen-bond acceptors (Lipinski definition) is 2. The minimum atomic E-state index is 0.306. The molecule has 0 fully saturated rings. The summed E-state index contributed by atoms with van der Waals surface area (Å²) in [5, 5.41) is 3.69. The van der Waals surface area contributed by atoms with E-state index in [1.807, 2.05) is 11.8 Å². The summed E-state index contributed by atoms with van der Waals surface area (Å²) in [5.74, 6) is 1.74. The highest BCUT2D eigenvalue weighted by molar-refractivity contribution is 7.99. The highest BCUT2D eigenvalue weighted by Crippen LogP contribution is 2.27. The van der Waals surface area contributed by atoms with Crippen LogP contribution in [0, 0.1) is 5.41 Å². The molecule has 0 aromatic heterocycles. The van der Waals surface area contributed by atoms with Gasteiger partial charge in [0.25, 0.3) is 0 Å². The summed E-state index contributed by atoms with van der Waals surface area (Å²) in [6.07, 6.45) is 1.19. The first kappa shape index (κ1) is 17.6. The van der Waals surface area contributed by atoms with Gasteiger partial charge in [-0.25, -0.2) is 0 Å². The van der Waals surface area contributed by atoms with Crippen LogP contribution in [0.25, 0.3) is 0 Å². The summed E-state index contributed by atoms with van der Waals surface area (Å²) in [6, 6.07) is 9.60. The van der Waals surface area contributed by atoms with Crippen LogP contribution in [0.3, 0.4) is 0 Å². The molecular weight excluding hydrogens is 262 g/mol. The molecule has 0 heterocycles. The van der Waals surface area contributed by atoms with Gasteiger partial charge in [0.1, 0.15) is 0 Å². The molecule has 1 aromatic rings. The average Bonchev–Trinajstić information content (AvgIpc) is 2.37. The monoisotopic (exact) mass is 293 g/mol. The largest absolute Gasteiger partial charge is 0.313 e. The molecule has 1 N–H and O–H groups in total. The maximum atomic E-state index is 3.69. The molecule has 1 atom stereocenters. The molecule has 2 heteroatoms. The fourth-order valence-corrected chi connectivity index (χ4v) is 3.37. The smallest absolute Gasteiger partial charge is 0.0210 e. The van der Waals surface area contributed by atoms with E-state index in [9.17, 15) is 0 Å². The van der Waals surface area contributed by atoms with E-state index in [1.54, 1.807) is 0 Å². The normalized spacial score (nSPS) is 13.8. The van der Waals surface area contributed by atoms with Crippen LogP contribution in [-0.4, -0.2) is 18.3 Å². The van der Waals surface area contributed by atoms with Gasteiger partial charge in [-0.05, 0) is 42.0 Å². The van der Waals surface area contributed by atoms with E-state index in [4.69, 9.17) is 0 Å². The van der Waals surface area contributed by atoms with Crippen molar-refractivity contribution in [3.63, 3.8) is 0 Å². The third kappa shape index (κ3) is 5.88. The number of hydrogen-bond donors (Lipinski definition) is 1. The van der Waals surface area contributed by atoms with Gasteiger partial charge in [-0.3, -0.25) is 0 Å². The Labute approximate surface area is 129 Å². The summed E-state index contributed by atoms with van der Waals surface area (Å²) < 4.78 is 0. The van der Waals surface area contributed by atoms with E-state index >= 15 is 0 Å². The van der Waals surface area contributed by atoms with Gasteiger partial charge in [-0.2, -0.15) is 0 Å². The van der Waals surface area contributed by atoms with E-state index in [0.717, 1.165) is 12.3 Å². The lowest BCUT2D eigenvalue weighted by atomic mass is 9.88. The molecular formula is C18H31NS. The second kappa shape index (κ2) is 8.09. The van der Waals surface area contributed by atoms with Crippen molar-refractivity contribution in [2.75, 3.05) is 12.3 Å². The standard InChI is InChI=1S/C18H31NS/c1-7-12-19-17(18(4,5)6)13-20-16-10-8-15(9-11-16)14(2)3/h8-11,14,17,19H,7,12-13H2,1-6H3. The molecule has 0 aliphatic heterocycles. The first-order valence-corrected chi connectivity index (χ1v) is 8.79. The Kier molecular flexibility index (Phi) is 7.11. The van der Waals surface area contributed by atoms with Crippen molar-refractivity contribution >= 4 is 11.8 Å². The minimum Gasteiger partial charge on any atom is -0.313 e. The Morgan fingerprint density at radius 1 is 1.10 bits per heavy atom. The van der Waals surface area contributed by atoms with Crippen LogP contribution < -0.4 is 5.32 Å². The molecule has 1 nitrogen and oxygen atoms in total. The highest BCUT2D eigenvalue weighted by Gasteiger charge is 2.23. The van der Waals surface area contributed by atoms with Crippen LogP contribution in [0.1, 0.15) is 59.4 Å². The van der Waals surface area contributed by atoms with E-state index < -0.39 is 0 Å². The first-order valence-electron chi connectivity index (χ1n) is 7.80. The molecule has 0 aliphatic rings. The van der Waals surface area contributed by atoms with Gasteiger partial charge >= 0.3 is 0 Å². The first-order chi connectivity index (χ1) is 9.34. The Hall–Kier alpha value is -0.470. The summed E-state index contributed by atoms with van der Waals surface area (Å²) >= 11 is 1.96. The third-order valence-corrected chi connectivity index (χ3v) is 4.76. The number of benzene rings is 1. The van der Waals surface area contributed by atoms with Crippen LogP contribution in [-0.2, 0) is 0 Å². The second-order valence-corrected chi connectivity index (χ2v) is 8.00. The van der Waals surface area contributed by atoms with Crippen molar-refractivity contribution < 1.29 is 0 Å². The van der Waals surface area contributed by atoms with Crippen LogP contribution in [0.15, 0.2) is 29.2 Å². The zero-order valence-electron chi connectivity index (χ0n) is 14.0. The van der Waals surface area contributed by atoms with E-state index in [0.29, 0.717) is 17.4 Å². The molecule has 0 amide bonds. The van der Waals surface area contributed by atoms with Crippen LogP contribution in [0.5, 0.6) is 0 Å². The molecule has 0 spiro atoms. The molecule has 0 bridgehead atoms.